The second kappa shape index (κ2) is 8.72. The van der Waals surface area contributed by atoms with Crippen LogP contribution in [0.4, 0.5) is 17.1 Å². The van der Waals surface area contributed by atoms with Crippen LogP contribution in [0.5, 0.6) is 5.75 Å². The van der Waals surface area contributed by atoms with Gasteiger partial charge in [0.1, 0.15) is 5.75 Å². The largest absolute Gasteiger partial charge is 0.494 e. The fourth-order valence-corrected chi connectivity index (χ4v) is 3.24. The summed E-state index contributed by atoms with van der Waals surface area (Å²) < 4.78 is 5.44. The first-order chi connectivity index (χ1) is 12.2. The Hall–Kier alpha value is -2.27. The van der Waals surface area contributed by atoms with Gasteiger partial charge in [0, 0.05) is 30.2 Å². The molecule has 0 aliphatic carbocycles. The van der Waals surface area contributed by atoms with Crippen molar-refractivity contribution in [2.45, 2.75) is 26.2 Å². The lowest BCUT2D eigenvalue weighted by Gasteiger charge is -2.28. The van der Waals surface area contributed by atoms with Crippen LogP contribution in [0.25, 0.3) is 0 Å². The summed E-state index contributed by atoms with van der Waals surface area (Å²) in [4.78, 5) is 2.45. The van der Waals surface area contributed by atoms with Crippen molar-refractivity contribution in [1.82, 2.24) is 0 Å². The molecule has 0 aromatic heterocycles. The van der Waals surface area contributed by atoms with Crippen molar-refractivity contribution >= 4 is 34.4 Å². The summed E-state index contributed by atoms with van der Waals surface area (Å²) in [7, 11) is 0. The van der Waals surface area contributed by atoms with Crippen LogP contribution in [0.3, 0.4) is 0 Å². The number of nitrogens with one attached hydrogen (secondary N) is 2. The van der Waals surface area contributed by atoms with Gasteiger partial charge in [0.2, 0.25) is 0 Å². The van der Waals surface area contributed by atoms with E-state index in [-0.39, 0.29) is 0 Å². The molecule has 3 rings (SSSR count). The van der Waals surface area contributed by atoms with Gasteiger partial charge in [0.05, 0.1) is 6.61 Å². The SMILES string of the molecule is CCOc1ccc(NC(=S)Nc2ccc(N3CCCCC3)cc2)cc1. The van der Waals surface area contributed by atoms with Gasteiger partial charge >= 0.3 is 0 Å². The maximum absolute atomic E-state index is 5.44. The number of rotatable bonds is 5. The lowest BCUT2D eigenvalue weighted by Crippen LogP contribution is -2.29. The second-order valence-corrected chi connectivity index (χ2v) is 6.54. The Morgan fingerprint density at radius 3 is 2.04 bits per heavy atom. The maximum Gasteiger partial charge on any atom is 0.175 e. The summed E-state index contributed by atoms with van der Waals surface area (Å²) in [5.41, 5.74) is 3.21. The molecule has 0 saturated carbocycles. The molecule has 1 heterocycles. The third kappa shape index (κ3) is 5.10. The molecule has 25 heavy (non-hydrogen) atoms. The first-order valence-electron chi connectivity index (χ1n) is 8.90. The number of ether oxygens (including phenoxy) is 1. The number of hydrogen-bond donors (Lipinski definition) is 2. The molecule has 1 fully saturated rings. The van der Waals surface area contributed by atoms with E-state index >= 15 is 0 Å². The summed E-state index contributed by atoms with van der Waals surface area (Å²) in [5, 5.41) is 7.00. The van der Waals surface area contributed by atoms with Gasteiger partial charge in [-0.2, -0.15) is 0 Å². The molecule has 2 aromatic carbocycles. The van der Waals surface area contributed by atoms with Crippen molar-refractivity contribution in [1.29, 1.82) is 0 Å². The third-order valence-corrected chi connectivity index (χ3v) is 4.47. The number of thiocarbonyl (C=S) groups is 1. The number of anilines is 3. The Balaban J connectivity index is 1.53. The highest BCUT2D eigenvalue weighted by Gasteiger charge is 2.10. The van der Waals surface area contributed by atoms with Gasteiger partial charge in [-0.05, 0) is 86.9 Å². The smallest absolute Gasteiger partial charge is 0.175 e. The van der Waals surface area contributed by atoms with Gasteiger partial charge in [0.25, 0.3) is 0 Å². The fraction of sp³-hybridized carbons (Fsp3) is 0.350. The van der Waals surface area contributed by atoms with Crippen LogP contribution >= 0.6 is 12.2 Å². The Kier molecular flexibility index (Phi) is 6.12. The fourth-order valence-electron chi connectivity index (χ4n) is 3.00. The van der Waals surface area contributed by atoms with Crippen molar-refractivity contribution in [3.63, 3.8) is 0 Å². The summed E-state index contributed by atoms with van der Waals surface area (Å²) in [6.07, 6.45) is 3.92. The van der Waals surface area contributed by atoms with E-state index in [4.69, 9.17) is 17.0 Å². The molecular formula is C20H25N3OS. The minimum atomic E-state index is 0.579. The van der Waals surface area contributed by atoms with Gasteiger partial charge < -0.3 is 20.3 Å². The monoisotopic (exact) mass is 355 g/mol. The maximum atomic E-state index is 5.44. The van der Waals surface area contributed by atoms with Gasteiger partial charge in [-0.3, -0.25) is 0 Å². The molecule has 2 N–H and O–H groups in total. The van der Waals surface area contributed by atoms with E-state index in [1.54, 1.807) is 0 Å². The zero-order chi connectivity index (χ0) is 17.5. The minimum absolute atomic E-state index is 0.579. The van der Waals surface area contributed by atoms with E-state index in [1.165, 1.54) is 24.9 Å². The molecule has 5 heteroatoms. The molecule has 132 valence electrons. The van der Waals surface area contributed by atoms with Gasteiger partial charge in [-0.25, -0.2) is 0 Å². The quantitative estimate of drug-likeness (QED) is 0.747. The van der Waals surface area contributed by atoms with Crippen molar-refractivity contribution in [2.24, 2.45) is 0 Å². The van der Waals surface area contributed by atoms with E-state index < -0.39 is 0 Å². The Labute approximate surface area is 155 Å². The van der Waals surface area contributed by atoms with E-state index in [2.05, 4.69) is 39.8 Å². The first-order valence-corrected chi connectivity index (χ1v) is 9.31. The average Bonchev–Trinajstić information content (AvgIpc) is 2.65. The lowest BCUT2D eigenvalue weighted by molar-refractivity contribution is 0.340. The molecule has 0 bridgehead atoms. The van der Waals surface area contributed by atoms with Crippen molar-refractivity contribution in [3.8, 4) is 5.75 Å². The molecular weight excluding hydrogens is 330 g/mol. The number of benzene rings is 2. The van der Waals surface area contributed by atoms with Gasteiger partial charge in [0.15, 0.2) is 5.11 Å². The third-order valence-electron chi connectivity index (χ3n) is 4.27. The highest BCUT2D eigenvalue weighted by molar-refractivity contribution is 7.80. The molecule has 4 nitrogen and oxygen atoms in total. The van der Waals surface area contributed by atoms with Crippen LogP contribution in [-0.2, 0) is 0 Å². The van der Waals surface area contributed by atoms with Crippen LogP contribution < -0.4 is 20.3 Å². The van der Waals surface area contributed by atoms with Gasteiger partial charge in [-0.15, -0.1) is 0 Å². The van der Waals surface area contributed by atoms with E-state index in [9.17, 15) is 0 Å². The molecule has 2 aromatic rings. The van der Waals surface area contributed by atoms with E-state index in [0.717, 1.165) is 30.2 Å². The molecule has 1 aliphatic heterocycles. The van der Waals surface area contributed by atoms with E-state index in [1.807, 2.05) is 31.2 Å². The van der Waals surface area contributed by atoms with Crippen LogP contribution in [0.2, 0.25) is 0 Å². The van der Waals surface area contributed by atoms with Crippen LogP contribution in [0.1, 0.15) is 26.2 Å². The van der Waals surface area contributed by atoms with E-state index in [0.29, 0.717) is 11.7 Å². The Morgan fingerprint density at radius 1 is 0.920 bits per heavy atom. The van der Waals surface area contributed by atoms with Crippen molar-refractivity contribution in [2.75, 3.05) is 35.2 Å². The first kappa shape index (κ1) is 17.5. The van der Waals surface area contributed by atoms with Crippen molar-refractivity contribution < 1.29 is 4.74 Å². The van der Waals surface area contributed by atoms with Gasteiger partial charge in [-0.1, -0.05) is 0 Å². The van der Waals surface area contributed by atoms with Crippen LogP contribution in [0.15, 0.2) is 48.5 Å². The molecule has 0 amide bonds. The average molecular weight is 356 g/mol. The normalized spacial score (nSPS) is 14.0. The molecule has 0 radical (unpaired) electrons. The molecule has 1 saturated heterocycles. The highest BCUT2D eigenvalue weighted by Crippen LogP contribution is 2.22. The summed E-state index contributed by atoms with van der Waals surface area (Å²) in [5.74, 6) is 0.861. The highest BCUT2D eigenvalue weighted by atomic mass is 32.1. The standard InChI is InChI=1S/C20H25N3OS/c1-2-24-19-12-8-17(9-13-19)22-20(25)21-16-6-10-18(11-7-16)23-14-4-3-5-15-23/h6-13H,2-5,14-15H2,1H3,(H2,21,22,25). The Morgan fingerprint density at radius 2 is 1.48 bits per heavy atom. The molecule has 0 spiro atoms. The van der Waals surface area contributed by atoms with Crippen LogP contribution in [-0.4, -0.2) is 24.8 Å². The number of nitrogens with zero attached hydrogens (tertiary/aromatic N) is 1. The Bertz CT molecular complexity index is 679. The summed E-state index contributed by atoms with van der Waals surface area (Å²) in [6.45, 7) is 4.96. The summed E-state index contributed by atoms with van der Waals surface area (Å²) >= 11 is 5.40. The number of piperidine rings is 1. The second-order valence-electron chi connectivity index (χ2n) is 6.13. The zero-order valence-corrected chi connectivity index (χ0v) is 15.4. The van der Waals surface area contributed by atoms with Crippen molar-refractivity contribution in [3.05, 3.63) is 48.5 Å². The molecule has 0 unspecified atom stereocenters. The summed E-state index contributed by atoms with van der Waals surface area (Å²) in [6, 6.07) is 16.3. The predicted octanol–water partition coefficient (Wildman–Crippen LogP) is 4.88. The topological polar surface area (TPSA) is 36.5 Å². The van der Waals surface area contributed by atoms with Crippen LogP contribution in [0, 0.1) is 0 Å². The number of hydrogen-bond acceptors (Lipinski definition) is 3. The molecule has 0 atom stereocenters. The minimum Gasteiger partial charge on any atom is -0.494 e. The lowest BCUT2D eigenvalue weighted by atomic mass is 10.1. The predicted molar refractivity (Wildman–Crippen MR) is 110 cm³/mol. The molecule has 1 aliphatic rings. The zero-order valence-electron chi connectivity index (χ0n) is 14.6.